The molecule has 2 aliphatic rings. The number of carbonyl (C=O) groups excluding carboxylic acids is 3. The van der Waals surface area contributed by atoms with Crippen molar-refractivity contribution in [3.8, 4) is 11.3 Å². The molecular weight excluding hydrogens is 449 g/mol. The lowest BCUT2D eigenvalue weighted by atomic mass is 9.99. The van der Waals surface area contributed by atoms with Crippen LogP contribution in [-0.4, -0.2) is 65.2 Å². The van der Waals surface area contributed by atoms with E-state index in [9.17, 15) is 18.8 Å². The second kappa shape index (κ2) is 9.14. The topological polar surface area (TPSA) is 112 Å². The van der Waals surface area contributed by atoms with Crippen molar-refractivity contribution in [3.05, 3.63) is 58.9 Å². The van der Waals surface area contributed by atoms with Crippen molar-refractivity contribution in [2.75, 3.05) is 26.7 Å². The van der Waals surface area contributed by atoms with Crippen LogP contribution in [0.4, 0.5) is 4.39 Å². The number of nitrogens with two attached hydrogens (primary N) is 1. The van der Waals surface area contributed by atoms with Crippen molar-refractivity contribution < 1.29 is 18.8 Å². The van der Waals surface area contributed by atoms with Gasteiger partial charge in [0.25, 0.3) is 5.91 Å². The standard InChI is InChI=1S/C26H28FN5O3/c1-31(26(35)21-3-2-10-32(21)22(33)13-28)14-15-4-6-16(7-5-15)24-18-8-9-29-25(34)19-11-17(27)12-20(30-24)23(18)19/h4-7,11-12,21,30H,2-3,8-10,13-14,28H2,1H3,(H,29,34)/t21-/m0/s1. The summed E-state index contributed by atoms with van der Waals surface area (Å²) in [4.78, 5) is 44.0. The Hall–Kier alpha value is -3.72. The Labute approximate surface area is 202 Å². The minimum absolute atomic E-state index is 0.0867. The number of aromatic nitrogens is 1. The van der Waals surface area contributed by atoms with Crippen LogP contribution in [0.25, 0.3) is 22.2 Å². The van der Waals surface area contributed by atoms with Gasteiger partial charge < -0.3 is 25.8 Å². The largest absolute Gasteiger partial charge is 0.354 e. The number of likely N-dealkylation sites (tertiary alicyclic amines) is 1. The van der Waals surface area contributed by atoms with Crippen molar-refractivity contribution in [2.45, 2.75) is 31.8 Å². The molecule has 3 heterocycles. The Bertz CT molecular complexity index is 1320. The van der Waals surface area contributed by atoms with Crippen molar-refractivity contribution >= 4 is 28.6 Å². The average molecular weight is 478 g/mol. The van der Waals surface area contributed by atoms with E-state index in [-0.39, 0.29) is 24.3 Å². The van der Waals surface area contributed by atoms with E-state index in [1.807, 2.05) is 24.3 Å². The molecule has 1 aromatic heterocycles. The van der Waals surface area contributed by atoms with Gasteiger partial charge in [-0.1, -0.05) is 24.3 Å². The van der Waals surface area contributed by atoms with Crippen molar-refractivity contribution in [1.82, 2.24) is 20.1 Å². The lowest BCUT2D eigenvalue weighted by Gasteiger charge is -2.28. The maximum absolute atomic E-state index is 14.1. The molecule has 3 aromatic rings. The third-order valence-electron chi connectivity index (χ3n) is 6.94. The molecule has 0 spiro atoms. The number of likely N-dealkylation sites (N-methyl/N-ethyl adjacent to an activating group) is 1. The summed E-state index contributed by atoms with van der Waals surface area (Å²) in [5.41, 5.74) is 10.2. The first-order valence-corrected chi connectivity index (χ1v) is 11.8. The highest BCUT2D eigenvalue weighted by atomic mass is 19.1. The molecule has 35 heavy (non-hydrogen) atoms. The Balaban J connectivity index is 1.37. The smallest absolute Gasteiger partial charge is 0.252 e. The average Bonchev–Trinajstić information content (AvgIpc) is 3.44. The van der Waals surface area contributed by atoms with Gasteiger partial charge in [-0.15, -0.1) is 0 Å². The zero-order chi connectivity index (χ0) is 24.7. The molecule has 0 unspecified atom stereocenters. The van der Waals surface area contributed by atoms with Crippen LogP contribution in [0.15, 0.2) is 36.4 Å². The molecule has 0 aliphatic carbocycles. The molecule has 182 valence electrons. The second-order valence-corrected chi connectivity index (χ2v) is 9.20. The van der Waals surface area contributed by atoms with E-state index < -0.39 is 11.9 Å². The molecule has 2 aliphatic heterocycles. The van der Waals surface area contributed by atoms with Crippen molar-refractivity contribution in [3.63, 3.8) is 0 Å². The molecule has 8 nitrogen and oxygen atoms in total. The molecule has 1 saturated heterocycles. The molecule has 3 amide bonds. The molecule has 1 atom stereocenters. The van der Waals surface area contributed by atoms with Crippen LogP contribution in [0, 0.1) is 5.82 Å². The molecule has 0 saturated carbocycles. The second-order valence-electron chi connectivity index (χ2n) is 9.20. The summed E-state index contributed by atoms with van der Waals surface area (Å²) in [5, 5.41) is 3.60. The number of hydrogen-bond acceptors (Lipinski definition) is 4. The third-order valence-corrected chi connectivity index (χ3v) is 6.94. The van der Waals surface area contributed by atoms with E-state index in [0.717, 1.165) is 34.2 Å². The summed E-state index contributed by atoms with van der Waals surface area (Å²) in [6.45, 7) is 1.36. The number of hydrogen-bond donors (Lipinski definition) is 3. The summed E-state index contributed by atoms with van der Waals surface area (Å²) in [6, 6.07) is 10.1. The predicted molar refractivity (Wildman–Crippen MR) is 130 cm³/mol. The Kier molecular flexibility index (Phi) is 6.02. The number of amides is 3. The maximum atomic E-state index is 14.1. The van der Waals surface area contributed by atoms with Crippen LogP contribution in [0.2, 0.25) is 0 Å². The van der Waals surface area contributed by atoms with Gasteiger partial charge in [0.05, 0.1) is 12.1 Å². The molecule has 2 aromatic carbocycles. The molecule has 1 fully saturated rings. The van der Waals surface area contributed by atoms with Gasteiger partial charge in [0.2, 0.25) is 11.8 Å². The van der Waals surface area contributed by atoms with Gasteiger partial charge >= 0.3 is 0 Å². The van der Waals surface area contributed by atoms with Crippen LogP contribution in [-0.2, 0) is 22.6 Å². The van der Waals surface area contributed by atoms with Crippen LogP contribution in [0.1, 0.15) is 34.3 Å². The fourth-order valence-electron chi connectivity index (χ4n) is 5.26. The van der Waals surface area contributed by atoms with Crippen LogP contribution < -0.4 is 11.1 Å². The molecule has 0 radical (unpaired) electrons. The molecule has 9 heteroatoms. The minimum atomic E-state index is -0.457. The SMILES string of the molecule is CN(Cc1ccc(-c2[nH]c3cc(F)cc4c3c2CCNC4=O)cc1)C(=O)[C@@H]1CCCN1C(=O)CN. The summed E-state index contributed by atoms with van der Waals surface area (Å²) in [5.74, 6) is -1.01. The number of aromatic amines is 1. The summed E-state index contributed by atoms with van der Waals surface area (Å²) < 4.78 is 14.1. The zero-order valence-corrected chi connectivity index (χ0v) is 19.6. The monoisotopic (exact) mass is 477 g/mol. The maximum Gasteiger partial charge on any atom is 0.252 e. The zero-order valence-electron chi connectivity index (χ0n) is 19.6. The minimum Gasteiger partial charge on any atom is -0.354 e. The number of carbonyl (C=O) groups is 3. The highest BCUT2D eigenvalue weighted by molar-refractivity contribution is 6.10. The fourth-order valence-corrected chi connectivity index (χ4v) is 5.26. The quantitative estimate of drug-likeness (QED) is 0.523. The van der Waals surface area contributed by atoms with Gasteiger partial charge in [-0.25, -0.2) is 4.39 Å². The predicted octanol–water partition coefficient (Wildman–Crippen LogP) is 2.17. The van der Waals surface area contributed by atoms with E-state index in [2.05, 4.69) is 10.3 Å². The van der Waals surface area contributed by atoms with Crippen molar-refractivity contribution in [1.29, 1.82) is 0 Å². The first-order valence-electron chi connectivity index (χ1n) is 11.8. The van der Waals surface area contributed by atoms with Crippen molar-refractivity contribution in [2.24, 2.45) is 5.73 Å². The Morgan fingerprint density at radius 1 is 1.23 bits per heavy atom. The third kappa shape index (κ3) is 4.16. The van der Waals surface area contributed by atoms with Gasteiger partial charge in [-0.05, 0) is 48.1 Å². The van der Waals surface area contributed by atoms with Crippen LogP contribution in [0.3, 0.4) is 0 Å². The lowest BCUT2D eigenvalue weighted by molar-refractivity contribution is -0.142. The van der Waals surface area contributed by atoms with Gasteiger partial charge in [0.1, 0.15) is 11.9 Å². The number of benzene rings is 2. The van der Waals surface area contributed by atoms with E-state index in [0.29, 0.717) is 43.6 Å². The Morgan fingerprint density at radius 3 is 2.74 bits per heavy atom. The summed E-state index contributed by atoms with van der Waals surface area (Å²) in [6.07, 6.45) is 2.08. The molecule has 5 rings (SSSR count). The number of nitrogens with one attached hydrogen (secondary N) is 2. The van der Waals surface area contributed by atoms with Gasteiger partial charge in [-0.2, -0.15) is 0 Å². The summed E-state index contributed by atoms with van der Waals surface area (Å²) in [7, 11) is 1.74. The number of nitrogens with zero attached hydrogens (tertiary/aromatic N) is 2. The number of rotatable bonds is 5. The first-order chi connectivity index (χ1) is 16.9. The fraction of sp³-hybridized carbons (Fsp3) is 0.346. The van der Waals surface area contributed by atoms with E-state index in [1.54, 1.807) is 16.8 Å². The van der Waals surface area contributed by atoms with E-state index >= 15 is 0 Å². The number of halogens is 1. The highest BCUT2D eigenvalue weighted by Crippen LogP contribution is 2.35. The van der Waals surface area contributed by atoms with E-state index in [1.165, 1.54) is 12.1 Å². The lowest BCUT2D eigenvalue weighted by Crippen LogP contribution is -2.48. The summed E-state index contributed by atoms with van der Waals surface area (Å²) >= 11 is 0. The van der Waals surface area contributed by atoms with Gasteiger partial charge in [0, 0.05) is 43.3 Å². The van der Waals surface area contributed by atoms with Gasteiger partial charge in [0.15, 0.2) is 0 Å². The molecule has 0 bridgehead atoms. The van der Waals surface area contributed by atoms with E-state index in [4.69, 9.17) is 5.73 Å². The number of H-pyrrole nitrogens is 1. The first kappa shape index (κ1) is 23.0. The van der Waals surface area contributed by atoms with Crippen LogP contribution in [0.5, 0.6) is 0 Å². The Morgan fingerprint density at radius 2 is 2.00 bits per heavy atom. The normalized spacial score (nSPS) is 17.4. The molecule has 4 N–H and O–H groups in total. The molecular formula is C26H28FN5O3. The van der Waals surface area contributed by atoms with Crippen LogP contribution >= 0.6 is 0 Å². The highest BCUT2D eigenvalue weighted by Gasteiger charge is 2.35. The van der Waals surface area contributed by atoms with Gasteiger partial charge in [-0.3, -0.25) is 14.4 Å².